The van der Waals surface area contributed by atoms with Crippen molar-refractivity contribution in [2.24, 2.45) is 0 Å². The zero-order valence-corrected chi connectivity index (χ0v) is 14.0. The number of amides is 1. The standard InChI is InChI=1S/C18H19N5O2/c1-2-22(12-16-20-17(25-21-16)13-8-9-13)18(24)14-6-3-4-7-15(14)23-11-5-10-19-23/h3-7,10-11,13H,2,8-9,12H2,1H3. The van der Waals surface area contributed by atoms with Gasteiger partial charge in [0.05, 0.1) is 17.8 Å². The van der Waals surface area contributed by atoms with Crippen LogP contribution in [0.2, 0.25) is 0 Å². The van der Waals surface area contributed by atoms with E-state index in [0.29, 0.717) is 36.3 Å². The van der Waals surface area contributed by atoms with Crippen molar-refractivity contribution >= 4 is 5.91 Å². The Labute approximate surface area is 145 Å². The Morgan fingerprint density at radius 1 is 1.32 bits per heavy atom. The van der Waals surface area contributed by atoms with Crippen molar-refractivity contribution in [3.05, 3.63) is 60.0 Å². The summed E-state index contributed by atoms with van der Waals surface area (Å²) in [4.78, 5) is 19.2. The highest BCUT2D eigenvalue weighted by atomic mass is 16.5. The number of benzene rings is 1. The van der Waals surface area contributed by atoms with Crippen molar-refractivity contribution in [2.75, 3.05) is 6.54 Å². The van der Waals surface area contributed by atoms with E-state index in [1.807, 2.05) is 43.5 Å². The lowest BCUT2D eigenvalue weighted by atomic mass is 10.1. The number of aromatic nitrogens is 4. The summed E-state index contributed by atoms with van der Waals surface area (Å²) in [5.74, 6) is 1.57. The zero-order chi connectivity index (χ0) is 17.2. The fraction of sp³-hybridized carbons (Fsp3) is 0.333. The van der Waals surface area contributed by atoms with Crippen molar-refractivity contribution in [3.8, 4) is 5.69 Å². The van der Waals surface area contributed by atoms with Gasteiger partial charge in [-0.15, -0.1) is 0 Å². The summed E-state index contributed by atoms with van der Waals surface area (Å²) in [6, 6.07) is 9.28. The number of carbonyl (C=O) groups excluding carboxylic acids is 1. The molecule has 2 aromatic heterocycles. The molecule has 0 N–H and O–H groups in total. The third-order valence-electron chi connectivity index (χ3n) is 4.30. The van der Waals surface area contributed by atoms with Crippen LogP contribution in [-0.4, -0.2) is 37.3 Å². The molecule has 0 spiro atoms. The Morgan fingerprint density at radius 3 is 2.88 bits per heavy atom. The number of hydrogen-bond acceptors (Lipinski definition) is 5. The van der Waals surface area contributed by atoms with Crippen LogP contribution >= 0.6 is 0 Å². The Bertz CT molecular complexity index is 867. The molecule has 1 aliphatic rings. The van der Waals surface area contributed by atoms with Gasteiger partial charge in [0.15, 0.2) is 5.82 Å². The molecule has 3 aromatic rings. The molecule has 0 aliphatic heterocycles. The molecule has 4 rings (SSSR count). The number of rotatable bonds is 6. The van der Waals surface area contributed by atoms with Crippen LogP contribution in [0.3, 0.4) is 0 Å². The summed E-state index contributed by atoms with van der Waals surface area (Å²) >= 11 is 0. The fourth-order valence-corrected chi connectivity index (χ4v) is 2.76. The van der Waals surface area contributed by atoms with Crippen molar-refractivity contribution in [3.63, 3.8) is 0 Å². The molecule has 0 atom stereocenters. The largest absolute Gasteiger partial charge is 0.339 e. The predicted octanol–water partition coefficient (Wildman–Crippen LogP) is 2.80. The molecule has 128 valence electrons. The monoisotopic (exact) mass is 337 g/mol. The van der Waals surface area contributed by atoms with Gasteiger partial charge in [0.25, 0.3) is 5.91 Å². The van der Waals surface area contributed by atoms with Crippen LogP contribution in [0.1, 0.15) is 47.8 Å². The molecule has 0 radical (unpaired) electrons. The van der Waals surface area contributed by atoms with E-state index in [2.05, 4.69) is 15.2 Å². The topological polar surface area (TPSA) is 77.0 Å². The van der Waals surface area contributed by atoms with Gasteiger partial charge in [0.2, 0.25) is 5.89 Å². The SMILES string of the molecule is CCN(Cc1noc(C2CC2)n1)C(=O)c1ccccc1-n1cccn1. The highest BCUT2D eigenvalue weighted by Gasteiger charge is 2.30. The second-order valence-corrected chi connectivity index (χ2v) is 6.11. The minimum atomic E-state index is -0.0774. The van der Waals surface area contributed by atoms with Crippen LogP contribution in [0, 0.1) is 0 Å². The summed E-state index contributed by atoms with van der Waals surface area (Å²) in [7, 11) is 0. The molecule has 1 aromatic carbocycles. The molecule has 25 heavy (non-hydrogen) atoms. The summed E-state index contributed by atoms with van der Waals surface area (Å²) in [6.07, 6.45) is 5.73. The van der Waals surface area contributed by atoms with Crippen LogP contribution in [-0.2, 0) is 6.54 Å². The van der Waals surface area contributed by atoms with E-state index in [1.165, 1.54) is 0 Å². The third kappa shape index (κ3) is 3.17. The molecule has 7 nitrogen and oxygen atoms in total. The Hall–Kier alpha value is -2.96. The average molecular weight is 337 g/mol. The Kier molecular flexibility index (Phi) is 4.05. The molecule has 0 saturated heterocycles. The molecule has 0 bridgehead atoms. The molecule has 0 unspecified atom stereocenters. The van der Waals surface area contributed by atoms with Crippen LogP contribution < -0.4 is 0 Å². The van der Waals surface area contributed by atoms with Crippen molar-refractivity contribution in [1.29, 1.82) is 0 Å². The van der Waals surface area contributed by atoms with Crippen LogP contribution in [0.5, 0.6) is 0 Å². The molecular weight excluding hydrogens is 318 g/mol. The molecule has 1 fully saturated rings. The zero-order valence-electron chi connectivity index (χ0n) is 14.0. The first-order valence-corrected chi connectivity index (χ1v) is 8.47. The number of carbonyl (C=O) groups is 1. The first kappa shape index (κ1) is 15.6. The van der Waals surface area contributed by atoms with Gasteiger partial charge in [0.1, 0.15) is 0 Å². The lowest BCUT2D eigenvalue weighted by Crippen LogP contribution is -2.31. The smallest absolute Gasteiger partial charge is 0.256 e. The summed E-state index contributed by atoms with van der Waals surface area (Å²) in [5, 5.41) is 8.25. The van der Waals surface area contributed by atoms with Gasteiger partial charge < -0.3 is 9.42 Å². The molecule has 7 heteroatoms. The van der Waals surface area contributed by atoms with Crippen LogP contribution in [0.15, 0.2) is 47.2 Å². The third-order valence-corrected chi connectivity index (χ3v) is 4.30. The minimum Gasteiger partial charge on any atom is -0.339 e. The molecule has 2 heterocycles. The molecule has 1 saturated carbocycles. The summed E-state index contributed by atoms with van der Waals surface area (Å²) in [5.41, 5.74) is 1.35. The van der Waals surface area contributed by atoms with Gasteiger partial charge in [-0.1, -0.05) is 17.3 Å². The van der Waals surface area contributed by atoms with Gasteiger partial charge in [-0.05, 0) is 38.0 Å². The number of hydrogen-bond donors (Lipinski definition) is 0. The summed E-state index contributed by atoms with van der Waals surface area (Å²) < 4.78 is 6.98. The Morgan fingerprint density at radius 2 is 2.16 bits per heavy atom. The fourth-order valence-electron chi connectivity index (χ4n) is 2.76. The average Bonchev–Trinajstić information content (AvgIpc) is 3.16. The number of nitrogens with zero attached hydrogens (tertiary/aromatic N) is 5. The first-order chi connectivity index (χ1) is 12.3. The lowest BCUT2D eigenvalue weighted by Gasteiger charge is -2.20. The second kappa shape index (κ2) is 6.51. The van der Waals surface area contributed by atoms with E-state index in [9.17, 15) is 4.79 Å². The van der Waals surface area contributed by atoms with Crippen molar-refractivity contribution in [1.82, 2.24) is 24.8 Å². The maximum Gasteiger partial charge on any atom is 0.256 e. The van der Waals surface area contributed by atoms with E-state index < -0.39 is 0 Å². The molecule has 1 amide bonds. The van der Waals surface area contributed by atoms with E-state index >= 15 is 0 Å². The van der Waals surface area contributed by atoms with E-state index in [1.54, 1.807) is 15.8 Å². The van der Waals surface area contributed by atoms with Gasteiger partial charge in [-0.25, -0.2) is 4.68 Å². The number of para-hydroxylation sites is 1. The highest BCUT2D eigenvalue weighted by Crippen LogP contribution is 2.38. The van der Waals surface area contributed by atoms with Gasteiger partial charge >= 0.3 is 0 Å². The van der Waals surface area contributed by atoms with Gasteiger partial charge in [0, 0.05) is 24.9 Å². The highest BCUT2D eigenvalue weighted by molar-refractivity contribution is 5.97. The van der Waals surface area contributed by atoms with Crippen LogP contribution in [0.4, 0.5) is 0 Å². The van der Waals surface area contributed by atoms with E-state index in [0.717, 1.165) is 18.5 Å². The van der Waals surface area contributed by atoms with Gasteiger partial charge in [-0.3, -0.25) is 4.79 Å². The van der Waals surface area contributed by atoms with E-state index in [-0.39, 0.29) is 5.91 Å². The second-order valence-electron chi connectivity index (χ2n) is 6.11. The normalized spacial score (nSPS) is 13.8. The van der Waals surface area contributed by atoms with Crippen molar-refractivity contribution < 1.29 is 9.32 Å². The van der Waals surface area contributed by atoms with E-state index in [4.69, 9.17) is 4.52 Å². The lowest BCUT2D eigenvalue weighted by molar-refractivity contribution is 0.0747. The maximum absolute atomic E-state index is 13.0. The first-order valence-electron chi connectivity index (χ1n) is 8.47. The summed E-state index contributed by atoms with van der Waals surface area (Å²) in [6.45, 7) is 2.83. The minimum absolute atomic E-state index is 0.0774. The quantitative estimate of drug-likeness (QED) is 0.691. The molecular formula is C18H19N5O2. The molecule has 1 aliphatic carbocycles. The Balaban J connectivity index is 1.57. The van der Waals surface area contributed by atoms with Crippen LogP contribution in [0.25, 0.3) is 5.69 Å². The predicted molar refractivity (Wildman–Crippen MR) is 90.3 cm³/mol. The maximum atomic E-state index is 13.0. The van der Waals surface area contributed by atoms with Crippen molar-refractivity contribution in [2.45, 2.75) is 32.2 Å². The van der Waals surface area contributed by atoms with Gasteiger partial charge in [-0.2, -0.15) is 10.1 Å².